The van der Waals surface area contributed by atoms with Crippen LogP contribution in [0.3, 0.4) is 0 Å². The minimum absolute atomic E-state index is 0.192. The van der Waals surface area contributed by atoms with E-state index in [2.05, 4.69) is 26.3 Å². The van der Waals surface area contributed by atoms with E-state index < -0.39 is 17.9 Å². The van der Waals surface area contributed by atoms with Gasteiger partial charge in [0.25, 0.3) is 5.91 Å². The molecule has 1 aromatic carbocycles. The van der Waals surface area contributed by atoms with E-state index in [0.29, 0.717) is 11.3 Å². The Balaban J connectivity index is 2.18. The molecule has 0 saturated carbocycles. The van der Waals surface area contributed by atoms with Gasteiger partial charge in [0.1, 0.15) is 6.04 Å². The first-order valence-corrected chi connectivity index (χ1v) is 8.06. The number of halogens is 1. The Labute approximate surface area is 147 Å². The number of ether oxygens (including phenoxy) is 1. The van der Waals surface area contributed by atoms with Gasteiger partial charge in [-0.15, -0.1) is 0 Å². The molecule has 1 heterocycles. The minimum atomic E-state index is -1.10. The van der Waals surface area contributed by atoms with Gasteiger partial charge in [0.05, 0.1) is 23.1 Å². The molecular weight excluding hydrogens is 378 g/mol. The number of aliphatic carboxylic acids is 1. The van der Waals surface area contributed by atoms with Gasteiger partial charge in [-0.25, -0.2) is 9.48 Å². The summed E-state index contributed by atoms with van der Waals surface area (Å²) < 4.78 is 7.44. The van der Waals surface area contributed by atoms with Gasteiger partial charge < -0.3 is 15.2 Å². The molecule has 0 spiro atoms. The molecule has 1 amide bonds. The number of nitrogens with one attached hydrogen (secondary N) is 1. The molecule has 1 atom stereocenters. The number of aromatic nitrogens is 2. The number of hydrogen-bond donors (Lipinski definition) is 2. The molecule has 0 aliphatic carbocycles. The van der Waals surface area contributed by atoms with Gasteiger partial charge in [0, 0.05) is 24.6 Å². The number of hydrogen-bond acceptors (Lipinski definition) is 4. The van der Waals surface area contributed by atoms with Crippen LogP contribution in [0.2, 0.25) is 0 Å². The van der Waals surface area contributed by atoms with Gasteiger partial charge in [0.2, 0.25) is 0 Å². The molecule has 1 aromatic heterocycles. The predicted octanol–water partition coefficient (Wildman–Crippen LogP) is 2.16. The van der Waals surface area contributed by atoms with E-state index in [1.165, 1.54) is 13.3 Å². The Hall–Kier alpha value is -2.19. The Morgan fingerprint density at radius 2 is 2.04 bits per heavy atom. The van der Waals surface area contributed by atoms with Crippen molar-refractivity contribution < 1.29 is 19.4 Å². The lowest BCUT2D eigenvalue weighted by Gasteiger charge is -2.14. The van der Waals surface area contributed by atoms with Crippen LogP contribution in [-0.4, -0.2) is 46.5 Å². The lowest BCUT2D eigenvalue weighted by molar-refractivity contribution is -0.139. The third kappa shape index (κ3) is 4.21. The summed E-state index contributed by atoms with van der Waals surface area (Å²) in [5, 5.41) is 15.9. The van der Waals surface area contributed by atoms with Crippen LogP contribution in [0.1, 0.15) is 22.5 Å². The molecule has 0 bridgehead atoms. The molecule has 0 aliphatic rings. The molecule has 2 N–H and O–H groups in total. The zero-order chi connectivity index (χ0) is 17.7. The first-order chi connectivity index (χ1) is 11.4. The molecule has 24 heavy (non-hydrogen) atoms. The van der Waals surface area contributed by atoms with Crippen LogP contribution in [0, 0.1) is 6.92 Å². The fourth-order valence-electron chi connectivity index (χ4n) is 2.20. The normalized spacial score (nSPS) is 12.0. The van der Waals surface area contributed by atoms with Crippen LogP contribution in [0.15, 0.2) is 34.9 Å². The summed E-state index contributed by atoms with van der Waals surface area (Å²) in [7, 11) is 1.48. The predicted molar refractivity (Wildman–Crippen MR) is 91.4 cm³/mol. The summed E-state index contributed by atoms with van der Waals surface area (Å²) in [5.74, 6) is -1.57. The standard InChI is InChI=1S/C16H18BrN3O4/c1-10-13(15(21)19-14(16(22)23)7-8-24-2)9-18-20(10)12-5-3-11(17)4-6-12/h3-6,9,14H,7-8H2,1-2H3,(H,19,21)(H,22,23). The molecule has 0 fully saturated rings. The maximum Gasteiger partial charge on any atom is 0.326 e. The Morgan fingerprint density at radius 1 is 1.38 bits per heavy atom. The third-order valence-electron chi connectivity index (χ3n) is 3.54. The zero-order valence-electron chi connectivity index (χ0n) is 13.3. The van der Waals surface area contributed by atoms with Crippen molar-refractivity contribution in [2.45, 2.75) is 19.4 Å². The molecule has 2 aromatic rings. The zero-order valence-corrected chi connectivity index (χ0v) is 14.9. The van der Waals surface area contributed by atoms with E-state index in [0.717, 1.165) is 10.2 Å². The van der Waals surface area contributed by atoms with Gasteiger partial charge in [0.15, 0.2) is 0 Å². The van der Waals surface area contributed by atoms with Crippen molar-refractivity contribution in [3.63, 3.8) is 0 Å². The quantitative estimate of drug-likeness (QED) is 0.748. The third-order valence-corrected chi connectivity index (χ3v) is 4.07. The monoisotopic (exact) mass is 395 g/mol. The van der Waals surface area contributed by atoms with Crippen LogP contribution < -0.4 is 5.32 Å². The summed E-state index contributed by atoms with van der Waals surface area (Å²) in [6.07, 6.45) is 1.62. The number of methoxy groups -OCH3 is 1. The first-order valence-electron chi connectivity index (χ1n) is 7.27. The van der Waals surface area contributed by atoms with Crippen molar-refractivity contribution in [3.05, 3.63) is 46.2 Å². The van der Waals surface area contributed by atoms with Gasteiger partial charge in [-0.3, -0.25) is 4.79 Å². The lowest BCUT2D eigenvalue weighted by Crippen LogP contribution is -2.41. The number of benzene rings is 1. The van der Waals surface area contributed by atoms with E-state index in [4.69, 9.17) is 4.74 Å². The number of amides is 1. The number of carboxylic acids is 1. The van der Waals surface area contributed by atoms with Gasteiger partial charge in [-0.2, -0.15) is 5.10 Å². The van der Waals surface area contributed by atoms with Crippen molar-refractivity contribution in [1.29, 1.82) is 0 Å². The maximum absolute atomic E-state index is 12.4. The topological polar surface area (TPSA) is 93.5 Å². The maximum atomic E-state index is 12.4. The Bertz CT molecular complexity index is 727. The second-order valence-corrected chi connectivity index (χ2v) is 6.09. The van der Waals surface area contributed by atoms with Crippen molar-refractivity contribution in [3.8, 4) is 5.69 Å². The summed E-state index contributed by atoms with van der Waals surface area (Å²) in [6, 6.07) is 6.48. The van der Waals surface area contributed by atoms with Gasteiger partial charge in [-0.05, 0) is 31.2 Å². The van der Waals surface area contributed by atoms with Crippen LogP contribution in [0.4, 0.5) is 0 Å². The smallest absolute Gasteiger partial charge is 0.326 e. The molecule has 128 valence electrons. The number of carboxylic acid groups (broad SMARTS) is 1. The van der Waals surface area contributed by atoms with E-state index in [9.17, 15) is 14.7 Å². The van der Waals surface area contributed by atoms with E-state index in [1.54, 1.807) is 11.6 Å². The molecule has 0 radical (unpaired) electrons. The highest BCUT2D eigenvalue weighted by atomic mass is 79.9. The largest absolute Gasteiger partial charge is 0.480 e. The second kappa shape index (κ2) is 8.07. The first kappa shape index (κ1) is 18.2. The number of carbonyl (C=O) groups is 2. The van der Waals surface area contributed by atoms with E-state index in [-0.39, 0.29) is 13.0 Å². The average molecular weight is 396 g/mol. The van der Waals surface area contributed by atoms with E-state index in [1.807, 2.05) is 24.3 Å². The summed E-state index contributed by atoms with van der Waals surface area (Å²) >= 11 is 3.37. The Kier molecular flexibility index (Phi) is 6.10. The van der Waals surface area contributed by atoms with E-state index >= 15 is 0 Å². The van der Waals surface area contributed by atoms with Crippen LogP contribution >= 0.6 is 15.9 Å². The summed E-state index contributed by atoms with van der Waals surface area (Å²) in [4.78, 5) is 23.6. The minimum Gasteiger partial charge on any atom is -0.480 e. The van der Waals surface area contributed by atoms with Gasteiger partial charge >= 0.3 is 5.97 Å². The summed E-state index contributed by atoms with van der Waals surface area (Å²) in [6.45, 7) is 2.00. The molecule has 8 heteroatoms. The van der Waals surface area contributed by atoms with Crippen LogP contribution in [0.5, 0.6) is 0 Å². The average Bonchev–Trinajstić information content (AvgIpc) is 2.93. The summed E-state index contributed by atoms with van der Waals surface area (Å²) in [5.41, 5.74) is 1.77. The number of nitrogens with zero attached hydrogens (tertiary/aromatic N) is 2. The molecule has 2 rings (SSSR count). The fraction of sp³-hybridized carbons (Fsp3) is 0.312. The Morgan fingerprint density at radius 3 is 2.62 bits per heavy atom. The number of rotatable bonds is 7. The highest BCUT2D eigenvalue weighted by Crippen LogP contribution is 2.17. The second-order valence-electron chi connectivity index (χ2n) is 5.18. The van der Waals surface area contributed by atoms with Crippen molar-refractivity contribution in [1.82, 2.24) is 15.1 Å². The molecule has 1 unspecified atom stereocenters. The molecular formula is C16H18BrN3O4. The van der Waals surface area contributed by atoms with Crippen molar-refractivity contribution in [2.75, 3.05) is 13.7 Å². The van der Waals surface area contributed by atoms with Crippen molar-refractivity contribution in [2.24, 2.45) is 0 Å². The van der Waals surface area contributed by atoms with Crippen molar-refractivity contribution >= 4 is 27.8 Å². The van der Waals surface area contributed by atoms with Gasteiger partial charge in [-0.1, -0.05) is 15.9 Å². The van der Waals surface area contributed by atoms with Crippen LogP contribution in [0.25, 0.3) is 5.69 Å². The highest BCUT2D eigenvalue weighted by molar-refractivity contribution is 9.10. The molecule has 0 saturated heterocycles. The highest BCUT2D eigenvalue weighted by Gasteiger charge is 2.23. The fourth-order valence-corrected chi connectivity index (χ4v) is 2.47. The SMILES string of the molecule is COCCC(NC(=O)c1cnn(-c2ccc(Br)cc2)c1C)C(=O)O. The lowest BCUT2D eigenvalue weighted by atomic mass is 10.2. The number of carbonyl (C=O) groups excluding carboxylic acids is 1. The molecule has 0 aliphatic heterocycles. The van der Waals surface area contributed by atoms with Crippen LogP contribution in [-0.2, 0) is 9.53 Å². The molecule has 7 nitrogen and oxygen atoms in total.